The fourth-order valence-corrected chi connectivity index (χ4v) is 2.00. The van der Waals surface area contributed by atoms with Crippen LogP contribution in [0.25, 0.3) is 0 Å². The average molecular weight is 276 g/mol. The molecule has 0 aromatic rings. The summed E-state index contributed by atoms with van der Waals surface area (Å²) in [6.07, 6.45) is -2.06. The lowest BCUT2D eigenvalue weighted by Gasteiger charge is -2.40. The molecule has 0 radical (unpaired) electrons. The summed E-state index contributed by atoms with van der Waals surface area (Å²) in [6.45, 7) is 2.91. The third-order valence-electron chi connectivity index (χ3n) is 2.86. The van der Waals surface area contributed by atoms with Gasteiger partial charge in [0.25, 0.3) is 0 Å². The summed E-state index contributed by atoms with van der Waals surface area (Å²) >= 11 is 0. The van der Waals surface area contributed by atoms with Gasteiger partial charge in [-0.2, -0.15) is 0 Å². The highest BCUT2D eigenvalue weighted by atomic mass is 16.6. The number of ether oxygens (including phenoxy) is 5. The lowest BCUT2D eigenvalue weighted by molar-refractivity contribution is -0.225. The molecule has 4 unspecified atom stereocenters. The zero-order chi connectivity index (χ0) is 14.4. The lowest BCUT2D eigenvalue weighted by Crippen LogP contribution is -2.57. The fraction of sp³-hybridized carbons (Fsp3) is 0.833. The first-order valence-electron chi connectivity index (χ1n) is 5.97. The van der Waals surface area contributed by atoms with Crippen LogP contribution in [0.5, 0.6) is 0 Å². The van der Waals surface area contributed by atoms with Crippen LogP contribution in [0.2, 0.25) is 0 Å². The largest absolute Gasteiger partial charge is 0.463 e. The number of esters is 2. The molecule has 110 valence electrons. The molecule has 1 aliphatic heterocycles. The van der Waals surface area contributed by atoms with Crippen LogP contribution in [-0.2, 0) is 33.3 Å². The molecule has 0 amide bonds. The molecule has 19 heavy (non-hydrogen) atoms. The van der Waals surface area contributed by atoms with E-state index in [1.807, 2.05) is 0 Å². The number of methoxy groups -OCH3 is 2. The Hall–Kier alpha value is -1.18. The summed E-state index contributed by atoms with van der Waals surface area (Å²) < 4.78 is 26.2. The van der Waals surface area contributed by atoms with Gasteiger partial charge in [-0.25, -0.2) is 0 Å². The lowest BCUT2D eigenvalue weighted by atomic mass is 10.00. The Labute approximate surface area is 112 Å². The molecule has 0 spiro atoms. The van der Waals surface area contributed by atoms with Crippen LogP contribution >= 0.6 is 0 Å². The second kappa shape index (κ2) is 7.42. The van der Waals surface area contributed by atoms with Gasteiger partial charge in [-0.05, 0) is 0 Å². The number of carbonyl (C=O) groups excluding carboxylic acids is 2. The van der Waals surface area contributed by atoms with Crippen molar-refractivity contribution in [3.8, 4) is 0 Å². The zero-order valence-corrected chi connectivity index (χ0v) is 11.6. The van der Waals surface area contributed by atoms with Crippen LogP contribution in [0, 0.1) is 0 Å². The van der Waals surface area contributed by atoms with Gasteiger partial charge in [0, 0.05) is 28.1 Å². The quantitative estimate of drug-likeness (QED) is 0.649. The molecule has 1 aliphatic rings. The highest BCUT2D eigenvalue weighted by molar-refractivity contribution is 5.66. The van der Waals surface area contributed by atoms with Gasteiger partial charge in [-0.3, -0.25) is 9.59 Å². The van der Waals surface area contributed by atoms with Gasteiger partial charge >= 0.3 is 11.9 Å². The molecule has 0 bridgehead atoms. The Bertz CT molecular complexity index is 317. The van der Waals surface area contributed by atoms with Gasteiger partial charge in [-0.15, -0.1) is 0 Å². The Kier molecular flexibility index (Phi) is 6.20. The van der Waals surface area contributed by atoms with Gasteiger partial charge in [-0.1, -0.05) is 0 Å². The topological polar surface area (TPSA) is 80.3 Å². The Morgan fingerprint density at radius 1 is 1.11 bits per heavy atom. The van der Waals surface area contributed by atoms with E-state index in [0.29, 0.717) is 0 Å². The number of hydrogen-bond donors (Lipinski definition) is 0. The maximum Gasteiger partial charge on any atom is 0.303 e. The summed E-state index contributed by atoms with van der Waals surface area (Å²) in [7, 11) is 2.98. The van der Waals surface area contributed by atoms with Crippen LogP contribution in [0.3, 0.4) is 0 Å². The minimum atomic E-state index is -0.596. The fourth-order valence-electron chi connectivity index (χ4n) is 2.00. The monoisotopic (exact) mass is 276 g/mol. The van der Waals surface area contributed by atoms with E-state index in [0.717, 1.165) is 0 Å². The minimum absolute atomic E-state index is 0.0437. The number of rotatable bonds is 5. The smallest absolute Gasteiger partial charge is 0.303 e. The van der Waals surface area contributed by atoms with Crippen molar-refractivity contribution in [2.24, 2.45) is 0 Å². The van der Waals surface area contributed by atoms with E-state index in [4.69, 9.17) is 23.7 Å². The van der Waals surface area contributed by atoms with E-state index in [1.165, 1.54) is 28.1 Å². The molecule has 7 heteroatoms. The average Bonchev–Trinajstić information content (AvgIpc) is 2.35. The second-order valence-corrected chi connectivity index (χ2v) is 4.22. The summed E-state index contributed by atoms with van der Waals surface area (Å²) in [6, 6.07) is 0. The molecule has 1 saturated heterocycles. The first-order valence-corrected chi connectivity index (χ1v) is 5.97. The van der Waals surface area contributed by atoms with Crippen molar-refractivity contribution in [3.05, 3.63) is 0 Å². The van der Waals surface area contributed by atoms with Gasteiger partial charge in [0.1, 0.15) is 24.9 Å². The third-order valence-corrected chi connectivity index (χ3v) is 2.86. The van der Waals surface area contributed by atoms with E-state index in [-0.39, 0.29) is 13.2 Å². The van der Waals surface area contributed by atoms with Crippen LogP contribution in [0.1, 0.15) is 13.8 Å². The molecule has 1 fully saturated rings. The summed E-state index contributed by atoms with van der Waals surface area (Å²) in [5.74, 6) is -0.835. The van der Waals surface area contributed by atoms with E-state index < -0.39 is 36.4 Å². The Balaban J connectivity index is 2.75. The van der Waals surface area contributed by atoms with Crippen molar-refractivity contribution in [2.45, 2.75) is 38.3 Å². The first kappa shape index (κ1) is 15.9. The molecule has 1 rings (SSSR count). The van der Waals surface area contributed by atoms with Crippen molar-refractivity contribution < 1.29 is 33.3 Å². The van der Waals surface area contributed by atoms with Crippen LogP contribution in [0.15, 0.2) is 0 Å². The van der Waals surface area contributed by atoms with Gasteiger partial charge in [0.05, 0.1) is 6.61 Å². The third kappa shape index (κ3) is 4.45. The predicted molar refractivity (Wildman–Crippen MR) is 63.5 cm³/mol. The first-order chi connectivity index (χ1) is 8.99. The molecule has 1 heterocycles. The maximum absolute atomic E-state index is 11.1. The predicted octanol–water partition coefficient (Wildman–Crippen LogP) is -0.0900. The summed E-state index contributed by atoms with van der Waals surface area (Å²) in [5, 5.41) is 0. The van der Waals surface area contributed by atoms with Crippen LogP contribution in [-0.4, -0.2) is 63.8 Å². The Morgan fingerprint density at radius 3 is 2.26 bits per heavy atom. The number of carbonyl (C=O) groups is 2. The molecule has 0 saturated carbocycles. The highest BCUT2D eigenvalue weighted by Gasteiger charge is 2.43. The SMILES string of the molecule is COC1COC(COC(C)=O)C(OC)C1OC(C)=O. The molecule has 0 aliphatic carbocycles. The standard InChI is InChI=1S/C12H20O7/c1-7(13)17-6-10-11(16-4)12(19-8(2)14)9(15-3)5-18-10/h9-12H,5-6H2,1-4H3. The van der Waals surface area contributed by atoms with Crippen molar-refractivity contribution >= 4 is 11.9 Å². The van der Waals surface area contributed by atoms with Crippen LogP contribution < -0.4 is 0 Å². The molecule has 0 aromatic carbocycles. The zero-order valence-electron chi connectivity index (χ0n) is 11.6. The van der Waals surface area contributed by atoms with E-state index in [9.17, 15) is 9.59 Å². The van der Waals surface area contributed by atoms with E-state index >= 15 is 0 Å². The van der Waals surface area contributed by atoms with E-state index in [2.05, 4.69) is 0 Å². The molecule has 0 N–H and O–H groups in total. The van der Waals surface area contributed by atoms with Gasteiger partial charge in [0.2, 0.25) is 0 Å². The van der Waals surface area contributed by atoms with Gasteiger partial charge in [0.15, 0.2) is 6.10 Å². The van der Waals surface area contributed by atoms with Crippen LogP contribution in [0.4, 0.5) is 0 Å². The number of hydrogen-bond acceptors (Lipinski definition) is 7. The Morgan fingerprint density at radius 2 is 1.79 bits per heavy atom. The second-order valence-electron chi connectivity index (χ2n) is 4.22. The molecule has 0 aromatic heterocycles. The highest BCUT2D eigenvalue weighted by Crippen LogP contribution is 2.23. The van der Waals surface area contributed by atoms with Gasteiger partial charge < -0.3 is 23.7 Å². The van der Waals surface area contributed by atoms with Crippen molar-refractivity contribution in [3.63, 3.8) is 0 Å². The minimum Gasteiger partial charge on any atom is -0.463 e. The van der Waals surface area contributed by atoms with E-state index in [1.54, 1.807) is 0 Å². The van der Waals surface area contributed by atoms with Crippen molar-refractivity contribution in [1.82, 2.24) is 0 Å². The molecule has 4 atom stereocenters. The normalized spacial score (nSPS) is 30.7. The summed E-state index contributed by atoms with van der Waals surface area (Å²) in [5.41, 5.74) is 0. The molecular weight excluding hydrogens is 256 g/mol. The molecule has 7 nitrogen and oxygen atoms in total. The van der Waals surface area contributed by atoms with Crippen molar-refractivity contribution in [1.29, 1.82) is 0 Å². The van der Waals surface area contributed by atoms with Crippen molar-refractivity contribution in [2.75, 3.05) is 27.4 Å². The maximum atomic E-state index is 11.1. The molecular formula is C12H20O7. The summed E-state index contributed by atoms with van der Waals surface area (Å²) in [4.78, 5) is 22.0.